The van der Waals surface area contributed by atoms with Crippen molar-refractivity contribution in [1.82, 2.24) is 9.97 Å². The van der Waals surface area contributed by atoms with Crippen molar-refractivity contribution >= 4 is 23.6 Å². The van der Waals surface area contributed by atoms with Crippen molar-refractivity contribution in [3.8, 4) is 10.6 Å². The molecule has 0 unspecified atom stereocenters. The van der Waals surface area contributed by atoms with E-state index in [1.807, 2.05) is 0 Å². The number of aromatic nitrogens is 2. The zero-order valence-electron chi connectivity index (χ0n) is 7.43. The van der Waals surface area contributed by atoms with Gasteiger partial charge in [-0.1, -0.05) is 0 Å². The molecule has 2 heterocycles. The summed E-state index contributed by atoms with van der Waals surface area (Å²) < 4.78 is 0. The van der Waals surface area contributed by atoms with Crippen LogP contribution in [-0.4, -0.2) is 27.3 Å². The van der Waals surface area contributed by atoms with E-state index in [1.165, 1.54) is 23.7 Å². The number of nitrogens with zero attached hydrogens (tertiary/aromatic N) is 1. The third-order valence-corrected chi connectivity index (χ3v) is 2.82. The molecule has 0 amide bonds. The van der Waals surface area contributed by atoms with Gasteiger partial charge in [-0.3, -0.25) is 4.79 Å². The van der Waals surface area contributed by atoms with Gasteiger partial charge >= 0.3 is 5.97 Å². The van der Waals surface area contributed by atoms with Crippen LogP contribution < -0.4 is 0 Å². The fourth-order valence-corrected chi connectivity index (χ4v) is 2.13. The highest BCUT2D eigenvalue weighted by atomic mass is 32.1. The van der Waals surface area contributed by atoms with Crippen molar-refractivity contribution in [2.75, 3.05) is 0 Å². The van der Waals surface area contributed by atoms with E-state index in [4.69, 9.17) is 5.11 Å². The Balaban J connectivity index is 2.58. The fourth-order valence-electron chi connectivity index (χ4n) is 1.24. The van der Waals surface area contributed by atoms with Crippen molar-refractivity contribution in [3.05, 3.63) is 29.0 Å². The maximum Gasteiger partial charge on any atom is 0.337 e. The zero-order chi connectivity index (χ0) is 10.8. The molecule has 0 spiro atoms. The Morgan fingerprint density at radius 1 is 1.60 bits per heavy atom. The molecule has 0 bridgehead atoms. The van der Waals surface area contributed by atoms with Crippen LogP contribution in [0.4, 0.5) is 0 Å². The van der Waals surface area contributed by atoms with Gasteiger partial charge in [-0.2, -0.15) is 0 Å². The lowest BCUT2D eigenvalue weighted by molar-refractivity contribution is 0.0698. The summed E-state index contributed by atoms with van der Waals surface area (Å²) in [6, 6.07) is 1.49. The second kappa shape index (κ2) is 3.66. The first kappa shape index (κ1) is 9.60. The summed E-state index contributed by atoms with van der Waals surface area (Å²) in [6.45, 7) is 0. The number of rotatable bonds is 3. The Bertz CT molecular complexity index is 515. The zero-order valence-corrected chi connectivity index (χ0v) is 8.25. The second-order valence-corrected chi connectivity index (χ2v) is 3.67. The number of H-pyrrole nitrogens is 1. The topological polar surface area (TPSA) is 83.0 Å². The molecule has 0 fully saturated rings. The number of aromatic amines is 1. The van der Waals surface area contributed by atoms with Crippen LogP contribution in [0.5, 0.6) is 0 Å². The molecule has 76 valence electrons. The van der Waals surface area contributed by atoms with E-state index in [-0.39, 0.29) is 5.56 Å². The number of carbonyl (C=O) groups is 2. The standard InChI is InChI=1S/C9H6N2O3S/c12-3-6-7(11-4-10-6)8-5(9(13)14)1-2-15-8/h1-4H,(H,10,11)(H,13,14). The molecule has 2 N–H and O–H groups in total. The van der Waals surface area contributed by atoms with Gasteiger partial charge in [-0.05, 0) is 11.4 Å². The van der Waals surface area contributed by atoms with Gasteiger partial charge in [0.1, 0.15) is 11.4 Å². The van der Waals surface area contributed by atoms with Crippen LogP contribution in [-0.2, 0) is 0 Å². The normalized spacial score (nSPS) is 10.1. The molecule has 15 heavy (non-hydrogen) atoms. The molecular formula is C9H6N2O3S. The van der Waals surface area contributed by atoms with Crippen LogP contribution in [0.15, 0.2) is 17.8 Å². The van der Waals surface area contributed by atoms with Crippen molar-refractivity contribution in [2.24, 2.45) is 0 Å². The van der Waals surface area contributed by atoms with E-state index in [1.54, 1.807) is 5.38 Å². The maximum absolute atomic E-state index is 10.9. The minimum Gasteiger partial charge on any atom is -0.478 e. The SMILES string of the molecule is O=Cc1[nH]cnc1-c1sccc1C(=O)O. The number of imidazole rings is 1. The minimum absolute atomic E-state index is 0.162. The van der Waals surface area contributed by atoms with Crippen molar-refractivity contribution in [2.45, 2.75) is 0 Å². The average molecular weight is 222 g/mol. The fraction of sp³-hybridized carbons (Fsp3) is 0. The van der Waals surface area contributed by atoms with Gasteiger partial charge in [0.25, 0.3) is 0 Å². The summed E-state index contributed by atoms with van der Waals surface area (Å²) in [5, 5.41) is 10.6. The van der Waals surface area contributed by atoms with Gasteiger partial charge in [0, 0.05) is 0 Å². The van der Waals surface area contributed by atoms with Crippen molar-refractivity contribution in [3.63, 3.8) is 0 Å². The molecule has 0 atom stereocenters. The number of carboxylic acids is 1. The summed E-state index contributed by atoms with van der Waals surface area (Å²) in [5.41, 5.74) is 0.840. The predicted molar refractivity (Wildman–Crippen MR) is 54.2 cm³/mol. The molecule has 2 aromatic heterocycles. The molecule has 0 aliphatic heterocycles. The Kier molecular flexibility index (Phi) is 2.34. The molecule has 0 radical (unpaired) electrons. The van der Waals surface area contributed by atoms with E-state index < -0.39 is 5.97 Å². The quantitative estimate of drug-likeness (QED) is 0.773. The van der Waals surface area contributed by atoms with Crippen LogP contribution in [0, 0.1) is 0 Å². The first-order chi connectivity index (χ1) is 7.24. The van der Waals surface area contributed by atoms with E-state index in [0.29, 0.717) is 22.6 Å². The van der Waals surface area contributed by atoms with E-state index in [9.17, 15) is 9.59 Å². The Morgan fingerprint density at radius 3 is 3.07 bits per heavy atom. The van der Waals surface area contributed by atoms with Crippen LogP contribution in [0.1, 0.15) is 20.8 Å². The van der Waals surface area contributed by atoms with Crippen molar-refractivity contribution in [1.29, 1.82) is 0 Å². The molecule has 0 aliphatic rings. The first-order valence-corrected chi connectivity index (χ1v) is 4.91. The number of carboxylic acid groups (broad SMARTS) is 1. The van der Waals surface area contributed by atoms with Crippen LogP contribution in [0.25, 0.3) is 10.6 Å². The van der Waals surface area contributed by atoms with Gasteiger partial charge < -0.3 is 10.1 Å². The average Bonchev–Trinajstić information content (AvgIpc) is 2.85. The molecular weight excluding hydrogens is 216 g/mol. The third kappa shape index (κ3) is 1.55. The molecule has 5 nitrogen and oxygen atoms in total. The molecule has 0 saturated heterocycles. The molecule has 6 heteroatoms. The molecule has 0 aliphatic carbocycles. The first-order valence-electron chi connectivity index (χ1n) is 4.03. The Hall–Kier alpha value is -1.95. The van der Waals surface area contributed by atoms with E-state index >= 15 is 0 Å². The lowest BCUT2D eigenvalue weighted by atomic mass is 10.2. The third-order valence-electron chi connectivity index (χ3n) is 1.90. The largest absolute Gasteiger partial charge is 0.478 e. The maximum atomic E-state index is 10.9. The number of aromatic carboxylic acids is 1. The van der Waals surface area contributed by atoms with E-state index in [0.717, 1.165) is 0 Å². The highest BCUT2D eigenvalue weighted by Gasteiger charge is 2.17. The number of nitrogens with one attached hydrogen (secondary N) is 1. The molecule has 0 aromatic carbocycles. The molecule has 0 saturated carbocycles. The number of hydrogen-bond donors (Lipinski definition) is 2. The summed E-state index contributed by atoms with van der Waals surface area (Å²) in [4.78, 5) is 28.6. The van der Waals surface area contributed by atoms with Crippen LogP contribution >= 0.6 is 11.3 Å². The van der Waals surface area contributed by atoms with E-state index in [2.05, 4.69) is 9.97 Å². The number of aldehydes is 1. The van der Waals surface area contributed by atoms with Gasteiger partial charge in [-0.25, -0.2) is 9.78 Å². The summed E-state index contributed by atoms with van der Waals surface area (Å²) in [5.74, 6) is -1.02. The van der Waals surface area contributed by atoms with Gasteiger partial charge in [0.2, 0.25) is 0 Å². The van der Waals surface area contributed by atoms with Gasteiger partial charge in [0.05, 0.1) is 16.8 Å². The monoisotopic (exact) mass is 222 g/mol. The number of hydrogen-bond acceptors (Lipinski definition) is 4. The van der Waals surface area contributed by atoms with Crippen LogP contribution in [0.3, 0.4) is 0 Å². The second-order valence-electron chi connectivity index (χ2n) is 2.75. The van der Waals surface area contributed by atoms with Crippen LogP contribution in [0.2, 0.25) is 0 Å². The summed E-state index contributed by atoms with van der Waals surface area (Å²) in [6.07, 6.45) is 1.98. The summed E-state index contributed by atoms with van der Waals surface area (Å²) in [7, 11) is 0. The minimum atomic E-state index is -1.02. The Morgan fingerprint density at radius 2 is 2.40 bits per heavy atom. The highest BCUT2D eigenvalue weighted by Crippen LogP contribution is 2.29. The smallest absolute Gasteiger partial charge is 0.337 e. The van der Waals surface area contributed by atoms with Gasteiger partial charge in [0.15, 0.2) is 6.29 Å². The lowest BCUT2D eigenvalue weighted by Crippen LogP contribution is -1.96. The summed E-state index contributed by atoms with van der Waals surface area (Å²) >= 11 is 1.24. The molecule has 2 rings (SSSR count). The Labute approximate surface area is 88.4 Å². The van der Waals surface area contributed by atoms with Gasteiger partial charge in [-0.15, -0.1) is 11.3 Å². The number of carbonyl (C=O) groups excluding carboxylic acids is 1. The predicted octanol–water partition coefficient (Wildman–Crippen LogP) is 1.65. The number of thiophene rings is 1. The highest BCUT2D eigenvalue weighted by molar-refractivity contribution is 7.14. The van der Waals surface area contributed by atoms with Crippen molar-refractivity contribution < 1.29 is 14.7 Å². The lowest BCUT2D eigenvalue weighted by Gasteiger charge is -1.95. The molecule has 2 aromatic rings.